The van der Waals surface area contributed by atoms with Crippen molar-refractivity contribution >= 4 is 23.4 Å². The predicted octanol–water partition coefficient (Wildman–Crippen LogP) is 3.12. The van der Waals surface area contributed by atoms with Crippen LogP contribution in [0.4, 0.5) is 0 Å². The second kappa shape index (κ2) is 5.46. The molecule has 6 heteroatoms. The summed E-state index contributed by atoms with van der Waals surface area (Å²) in [6, 6.07) is 11.6. The fraction of sp³-hybridized carbons (Fsp3) is 0.188. The molecule has 22 heavy (non-hydrogen) atoms. The second-order valence-corrected chi connectivity index (χ2v) is 6.22. The van der Waals surface area contributed by atoms with Crippen molar-refractivity contribution in [1.82, 2.24) is 14.6 Å². The summed E-state index contributed by atoms with van der Waals surface area (Å²) >= 11 is 1.81. The first-order valence-corrected chi connectivity index (χ1v) is 8.02. The van der Waals surface area contributed by atoms with Gasteiger partial charge in [-0.3, -0.25) is 4.40 Å². The number of ether oxygens (including phenoxy) is 1. The average Bonchev–Trinajstić information content (AvgIpc) is 3.02. The molecule has 0 saturated heterocycles. The molecule has 0 unspecified atom stereocenters. The Hall–Kier alpha value is -2.34. The van der Waals surface area contributed by atoms with Gasteiger partial charge in [0.15, 0.2) is 5.65 Å². The fourth-order valence-corrected chi connectivity index (χ4v) is 3.67. The molecule has 3 aromatic rings. The zero-order valence-corrected chi connectivity index (χ0v) is 12.5. The number of nitrogens with zero attached hydrogens (tertiary/aromatic N) is 3. The topological polar surface area (TPSA) is 56.5 Å². The minimum atomic E-state index is -0.317. The first-order valence-electron chi connectivity index (χ1n) is 7.03. The van der Waals surface area contributed by atoms with Crippen molar-refractivity contribution in [3.8, 4) is 0 Å². The van der Waals surface area contributed by atoms with Crippen molar-refractivity contribution < 1.29 is 9.53 Å². The number of pyridine rings is 1. The van der Waals surface area contributed by atoms with Gasteiger partial charge in [0.25, 0.3) is 0 Å². The molecule has 0 spiro atoms. The number of fused-ring (bicyclic) bond motifs is 2. The lowest BCUT2D eigenvalue weighted by Crippen LogP contribution is -2.16. The Labute approximate surface area is 131 Å². The van der Waals surface area contributed by atoms with Gasteiger partial charge in [-0.15, -0.1) is 22.0 Å². The van der Waals surface area contributed by atoms with Gasteiger partial charge >= 0.3 is 5.97 Å². The number of benzene rings is 1. The standard InChI is InChI=1S/C16H13N3O2S/c20-16(11-5-6-15-18-17-10-19(15)9-11)21-13-7-8-22-14-4-2-1-3-12(13)14/h1-6,9-10,13H,7-8H2/t13-/m1/s1. The van der Waals surface area contributed by atoms with Crippen molar-refractivity contribution in [2.24, 2.45) is 0 Å². The van der Waals surface area contributed by atoms with Gasteiger partial charge in [0, 0.05) is 22.4 Å². The fourth-order valence-electron chi connectivity index (χ4n) is 2.58. The minimum absolute atomic E-state index is 0.179. The molecule has 0 amide bonds. The van der Waals surface area contributed by atoms with Crippen LogP contribution in [0, 0.1) is 0 Å². The van der Waals surface area contributed by atoms with Crippen LogP contribution >= 0.6 is 11.8 Å². The lowest BCUT2D eigenvalue weighted by molar-refractivity contribution is 0.0280. The average molecular weight is 311 g/mol. The van der Waals surface area contributed by atoms with E-state index in [1.165, 1.54) is 4.90 Å². The van der Waals surface area contributed by atoms with E-state index in [0.717, 1.165) is 17.7 Å². The Bertz CT molecular complexity index is 846. The van der Waals surface area contributed by atoms with E-state index in [-0.39, 0.29) is 12.1 Å². The van der Waals surface area contributed by atoms with Crippen LogP contribution in [0.5, 0.6) is 0 Å². The third-order valence-corrected chi connectivity index (χ3v) is 4.80. The summed E-state index contributed by atoms with van der Waals surface area (Å²) in [4.78, 5) is 13.6. The molecule has 0 fully saturated rings. The van der Waals surface area contributed by atoms with Gasteiger partial charge in [-0.25, -0.2) is 4.79 Å². The summed E-state index contributed by atoms with van der Waals surface area (Å²) in [5, 5.41) is 7.73. The Morgan fingerprint density at radius 2 is 2.18 bits per heavy atom. The maximum atomic E-state index is 12.4. The SMILES string of the molecule is O=C(O[C@@H]1CCSc2ccccc21)c1ccc2nncn2c1. The minimum Gasteiger partial charge on any atom is -0.454 e. The van der Waals surface area contributed by atoms with Crippen molar-refractivity contribution in [2.45, 2.75) is 17.4 Å². The molecule has 1 aromatic carbocycles. The zero-order chi connectivity index (χ0) is 14.9. The van der Waals surface area contributed by atoms with Crippen molar-refractivity contribution in [2.75, 3.05) is 5.75 Å². The Morgan fingerprint density at radius 1 is 1.27 bits per heavy atom. The van der Waals surface area contributed by atoms with Crippen LogP contribution in [0.1, 0.15) is 28.4 Å². The molecular weight excluding hydrogens is 298 g/mol. The molecule has 0 saturated carbocycles. The summed E-state index contributed by atoms with van der Waals surface area (Å²) in [6.07, 6.45) is 3.92. The Kier molecular flexibility index (Phi) is 3.31. The highest BCUT2D eigenvalue weighted by atomic mass is 32.2. The normalized spacial score (nSPS) is 17.2. The number of hydrogen-bond acceptors (Lipinski definition) is 5. The molecule has 1 atom stereocenters. The number of rotatable bonds is 2. The maximum Gasteiger partial charge on any atom is 0.340 e. The van der Waals surface area contributed by atoms with Crippen molar-refractivity contribution in [3.63, 3.8) is 0 Å². The molecule has 3 heterocycles. The molecule has 5 nitrogen and oxygen atoms in total. The van der Waals surface area contributed by atoms with Crippen LogP contribution in [0.2, 0.25) is 0 Å². The predicted molar refractivity (Wildman–Crippen MR) is 82.9 cm³/mol. The summed E-state index contributed by atoms with van der Waals surface area (Å²) in [7, 11) is 0. The van der Waals surface area contributed by atoms with Crippen molar-refractivity contribution in [1.29, 1.82) is 0 Å². The molecular formula is C16H13N3O2S. The molecule has 0 aliphatic carbocycles. The molecule has 0 N–H and O–H groups in total. The lowest BCUT2D eigenvalue weighted by atomic mass is 10.1. The van der Waals surface area contributed by atoms with Gasteiger partial charge < -0.3 is 4.74 Å². The molecule has 110 valence electrons. The number of carbonyl (C=O) groups is 1. The molecule has 0 radical (unpaired) electrons. The first kappa shape index (κ1) is 13.3. The summed E-state index contributed by atoms with van der Waals surface area (Å²) in [5.74, 6) is 0.640. The first-order chi connectivity index (χ1) is 10.8. The lowest BCUT2D eigenvalue weighted by Gasteiger charge is -2.24. The summed E-state index contributed by atoms with van der Waals surface area (Å²) in [5.41, 5.74) is 2.30. The van der Waals surface area contributed by atoms with Gasteiger partial charge in [0.1, 0.15) is 12.4 Å². The Balaban J connectivity index is 1.59. The van der Waals surface area contributed by atoms with Crippen LogP contribution in [-0.2, 0) is 4.74 Å². The maximum absolute atomic E-state index is 12.4. The van der Waals surface area contributed by atoms with E-state index >= 15 is 0 Å². The van der Waals surface area contributed by atoms with Crippen LogP contribution in [-0.4, -0.2) is 26.3 Å². The van der Waals surface area contributed by atoms with E-state index in [2.05, 4.69) is 16.3 Å². The number of aromatic nitrogens is 3. The van der Waals surface area contributed by atoms with E-state index in [1.807, 2.05) is 18.2 Å². The third kappa shape index (κ3) is 2.35. The number of carbonyl (C=O) groups excluding carboxylic acids is 1. The van der Waals surface area contributed by atoms with E-state index in [9.17, 15) is 4.79 Å². The number of esters is 1. The molecule has 1 aliphatic heterocycles. The van der Waals surface area contributed by atoms with Gasteiger partial charge in [-0.1, -0.05) is 18.2 Å². The van der Waals surface area contributed by atoms with E-state index in [0.29, 0.717) is 11.2 Å². The smallest absolute Gasteiger partial charge is 0.340 e. The second-order valence-electron chi connectivity index (χ2n) is 5.08. The Morgan fingerprint density at radius 3 is 3.14 bits per heavy atom. The van der Waals surface area contributed by atoms with Crippen LogP contribution in [0.25, 0.3) is 5.65 Å². The number of thioether (sulfide) groups is 1. The van der Waals surface area contributed by atoms with E-state index in [1.54, 1.807) is 40.8 Å². The van der Waals surface area contributed by atoms with Gasteiger partial charge in [0.05, 0.1) is 5.56 Å². The summed E-state index contributed by atoms with van der Waals surface area (Å²) < 4.78 is 7.43. The van der Waals surface area contributed by atoms with Crippen LogP contribution in [0.3, 0.4) is 0 Å². The summed E-state index contributed by atoms with van der Waals surface area (Å²) in [6.45, 7) is 0. The highest BCUT2D eigenvalue weighted by Gasteiger charge is 2.24. The van der Waals surface area contributed by atoms with Gasteiger partial charge in [-0.05, 0) is 24.6 Å². The third-order valence-electron chi connectivity index (χ3n) is 3.68. The van der Waals surface area contributed by atoms with E-state index in [4.69, 9.17) is 4.74 Å². The largest absolute Gasteiger partial charge is 0.454 e. The highest BCUT2D eigenvalue weighted by Crippen LogP contribution is 2.38. The van der Waals surface area contributed by atoms with Crippen LogP contribution in [0.15, 0.2) is 53.8 Å². The molecule has 1 aliphatic rings. The highest BCUT2D eigenvalue weighted by molar-refractivity contribution is 7.99. The molecule has 4 rings (SSSR count). The quantitative estimate of drug-likeness (QED) is 0.681. The zero-order valence-electron chi connectivity index (χ0n) is 11.7. The van der Waals surface area contributed by atoms with Crippen LogP contribution < -0.4 is 0 Å². The van der Waals surface area contributed by atoms with Gasteiger partial charge in [-0.2, -0.15) is 0 Å². The van der Waals surface area contributed by atoms with E-state index < -0.39 is 0 Å². The molecule has 0 bridgehead atoms. The monoisotopic (exact) mass is 311 g/mol. The van der Waals surface area contributed by atoms with Gasteiger partial charge in [0.2, 0.25) is 0 Å². The number of hydrogen-bond donors (Lipinski definition) is 0. The van der Waals surface area contributed by atoms with Crippen molar-refractivity contribution in [3.05, 3.63) is 60.0 Å². The molecule has 2 aromatic heterocycles.